The number of anilines is 8. The third-order valence-electron chi connectivity index (χ3n) is 21.3. The Bertz CT molecular complexity index is 6650. The summed E-state index contributed by atoms with van der Waals surface area (Å²) in [6.45, 7) is 16.3. The van der Waals surface area contributed by atoms with Crippen LogP contribution in [0.4, 0.5) is 51.3 Å². The van der Waals surface area contributed by atoms with Gasteiger partial charge in [0.2, 0.25) is 29.7 Å². The molecule has 0 aliphatic carbocycles. The lowest BCUT2D eigenvalue weighted by Gasteiger charge is -2.30. The van der Waals surface area contributed by atoms with Gasteiger partial charge in [-0.1, -0.05) is 47.5 Å². The number of amides is 5. The average Bonchev–Trinajstić information content (AvgIpc) is 1.44. The van der Waals surface area contributed by atoms with Gasteiger partial charge in [0, 0.05) is 141 Å². The lowest BCUT2D eigenvalue weighted by atomic mass is 9.97. The molecule has 2 aliphatic heterocycles. The summed E-state index contributed by atoms with van der Waals surface area (Å²) in [5.41, 5.74) is 15.6. The smallest absolute Gasteiger partial charge is 0.317 e. The van der Waals surface area contributed by atoms with Gasteiger partial charge in [-0.15, -0.1) is 20.4 Å². The molecular weight excluding hydrogens is 1700 g/mol. The number of hydrogen-bond acceptors (Lipinski definition) is 26. The second kappa shape index (κ2) is 39.7. The summed E-state index contributed by atoms with van der Waals surface area (Å²) >= 11 is 13.0. The minimum absolute atomic E-state index is 0.0193. The molecule has 672 valence electrons. The van der Waals surface area contributed by atoms with Crippen LogP contribution in [0.3, 0.4) is 0 Å². The Morgan fingerprint density at radius 2 is 0.854 bits per heavy atom. The van der Waals surface area contributed by atoms with Gasteiger partial charge in [0.15, 0.2) is 59.5 Å². The van der Waals surface area contributed by atoms with Crippen LogP contribution in [0.25, 0.3) is 89.2 Å². The fourth-order valence-corrected chi connectivity index (χ4v) is 14.8. The average molecular weight is 1800 g/mol. The summed E-state index contributed by atoms with van der Waals surface area (Å²) in [5.74, 6) is 6.68. The van der Waals surface area contributed by atoms with E-state index in [9.17, 15) is 19.2 Å². The van der Waals surface area contributed by atoms with Crippen molar-refractivity contribution in [3.8, 4) is 74.3 Å². The zero-order valence-corrected chi connectivity index (χ0v) is 75.3. The highest BCUT2D eigenvalue weighted by Crippen LogP contribution is 2.39. The number of ether oxygens (including phenoxy) is 5. The van der Waals surface area contributed by atoms with Gasteiger partial charge >= 0.3 is 6.03 Å². The number of urea groups is 1. The van der Waals surface area contributed by atoms with Gasteiger partial charge in [0.25, 0.3) is 11.8 Å². The van der Waals surface area contributed by atoms with Crippen molar-refractivity contribution in [2.45, 2.75) is 86.1 Å². The number of aryl methyl sites for hydroxylation is 6. The molecule has 1 fully saturated rings. The van der Waals surface area contributed by atoms with Crippen LogP contribution in [0.2, 0.25) is 10.0 Å². The Hall–Kier alpha value is -15.4. The molecule has 8 aromatic carbocycles. The summed E-state index contributed by atoms with van der Waals surface area (Å²) in [7, 11) is 12.0. The molecular formula is C89H98Cl2N30O9. The number of methoxy groups -OCH3 is 3. The fraction of sp³-hybridized carbons (Fsp3) is 0.281. The second-order valence-corrected chi connectivity index (χ2v) is 32.1. The number of aromatic amines is 4. The first kappa shape index (κ1) is 89.4. The third kappa shape index (κ3) is 20.7. The lowest BCUT2D eigenvalue weighted by molar-refractivity contribution is -0.124. The third-order valence-corrected chi connectivity index (χ3v) is 22.2. The summed E-state index contributed by atoms with van der Waals surface area (Å²) in [6.07, 6.45) is 7.79. The molecule has 39 nitrogen and oxygen atoms in total. The predicted octanol–water partition coefficient (Wildman–Crippen LogP) is 12.8. The first-order valence-electron chi connectivity index (χ1n) is 41.5. The molecule has 0 bridgehead atoms. The van der Waals surface area contributed by atoms with Crippen molar-refractivity contribution in [2.75, 3.05) is 75.4 Å². The number of halogens is 2. The monoisotopic (exact) mass is 1800 g/mol. The van der Waals surface area contributed by atoms with Gasteiger partial charge in [0.1, 0.15) is 5.75 Å². The van der Waals surface area contributed by atoms with Crippen molar-refractivity contribution in [2.24, 2.45) is 28.2 Å². The van der Waals surface area contributed by atoms with Crippen LogP contribution in [-0.2, 0) is 62.1 Å². The summed E-state index contributed by atoms with van der Waals surface area (Å²) in [4.78, 5) is 67.9. The van der Waals surface area contributed by atoms with Crippen LogP contribution in [0.5, 0.6) is 28.7 Å². The van der Waals surface area contributed by atoms with Crippen LogP contribution in [-0.4, -0.2) is 201 Å². The molecule has 2 aliphatic rings. The number of fused-ring (bicyclic) bond motifs is 5. The highest BCUT2D eigenvalue weighted by atomic mass is 35.5. The van der Waals surface area contributed by atoms with Gasteiger partial charge in [-0.25, -0.2) is 23.5 Å². The van der Waals surface area contributed by atoms with Crippen LogP contribution < -0.4 is 71.5 Å². The molecule has 18 rings (SSSR count). The number of carbonyl (C=O) groups is 4. The van der Waals surface area contributed by atoms with Crippen LogP contribution in [0.15, 0.2) is 146 Å². The second-order valence-electron chi connectivity index (χ2n) is 31.3. The Kier molecular flexibility index (Phi) is 27.3. The van der Waals surface area contributed by atoms with E-state index >= 15 is 0 Å². The van der Waals surface area contributed by atoms with Crippen LogP contribution in [0.1, 0.15) is 62.4 Å². The van der Waals surface area contributed by atoms with E-state index < -0.39 is 0 Å². The number of carbonyl (C=O) groups excluding carboxylic acids is 4. The molecule has 0 radical (unpaired) electrons. The fourth-order valence-electron chi connectivity index (χ4n) is 14.3. The van der Waals surface area contributed by atoms with Crippen molar-refractivity contribution < 1.29 is 42.9 Å². The van der Waals surface area contributed by atoms with Crippen molar-refractivity contribution in [1.82, 2.24) is 131 Å². The first-order chi connectivity index (χ1) is 62.7. The molecule has 0 saturated carbocycles. The maximum absolute atomic E-state index is 12.3. The van der Waals surface area contributed by atoms with E-state index in [0.717, 1.165) is 125 Å². The van der Waals surface area contributed by atoms with Crippen molar-refractivity contribution >= 4 is 137 Å². The minimum atomic E-state index is -0.192. The van der Waals surface area contributed by atoms with Crippen LogP contribution >= 0.6 is 23.2 Å². The molecule has 10 heterocycles. The summed E-state index contributed by atoms with van der Waals surface area (Å²) in [5, 5.41) is 78.8. The molecule has 1 saturated heterocycles. The normalized spacial score (nSPS) is 12.3. The van der Waals surface area contributed by atoms with Gasteiger partial charge in [0.05, 0.1) is 95.6 Å². The molecule has 8 aromatic heterocycles. The topological polar surface area (TPSA) is 463 Å². The Morgan fingerprint density at radius 3 is 1.28 bits per heavy atom. The van der Waals surface area contributed by atoms with Gasteiger partial charge in [-0.05, 0) is 167 Å². The van der Waals surface area contributed by atoms with E-state index in [4.69, 9.17) is 51.9 Å². The number of nitrogens with zero attached hydrogens (tertiary/aromatic N) is 17. The number of benzene rings is 8. The van der Waals surface area contributed by atoms with Crippen LogP contribution in [0, 0.1) is 13.8 Å². The Balaban J connectivity index is 0.000000133. The molecule has 0 spiro atoms. The van der Waals surface area contributed by atoms with Gasteiger partial charge < -0.3 is 76.4 Å². The zero-order valence-electron chi connectivity index (χ0n) is 73.8. The molecule has 13 N–H and O–H groups in total. The molecule has 16 aromatic rings. The van der Waals surface area contributed by atoms with Gasteiger partial charge in [-0.3, -0.25) is 34.8 Å². The molecule has 5 amide bonds. The Morgan fingerprint density at radius 1 is 0.462 bits per heavy atom. The quantitative estimate of drug-likeness (QED) is 0.0239. The standard InChI is InChI=1S/C23H25ClN8O.C23H26N8O3.C23H27N7O3.C20H20ClN7O2/c1-13(2)26-23(33)32-9-8-14-10-15(4-5-16(14)12-32)21-28-22(31(3)30-21)27-19-7-6-18-17(20(19)24)11-25-29-18;1-13-16-11-25-29-18(16)6-5-17(13)27-23-28-22(30-31(23)2)14-4-7-19(20(8-14)33-3)34-12-21(32)26-15-9-24-10-15;1-13(2)25-21(31)12-33-19-9-6-15(10-20(19)32-5)22-27-23(30(4)29-22)26-17-7-8-18-16(14(17)3)11-24-28-18;1-11(29)22-9-13-5-4-12(8-17(13)30-3)19-25-20(28(2)27-19)24-16-7-6-15-14(18(16)21)10-23-26-15/h4-7,10-11,13H,8-9,12H2,1-3H3,(H,25,29)(H,26,33)(H,27,28,30);4-8,11,15,24H,9-10,12H2,1-3H3,(H,25,29)(H,26,32)(H,27,28,30);6-11,13H,12H2,1-5H3,(H,24,28)(H,25,31)(H,26,27,29);4-8,10H,9H2,1-3H3,(H,22,29)(H,23,26)(H,24,25,27). The number of rotatable bonds is 26. The molecule has 0 unspecified atom stereocenters. The zero-order chi connectivity index (χ0) is 91.6. The molecule has 41 heteroatoms. The maximum atomic E-state index is 12.3. The largest absolute Gasteiger partial charge is 0.496 e. The summed E-state index contributed by atoms with van der Waals surface area (Å²) in [6, 6.07) is 38.4. The first-order valence-corrected chi connectivity index (χ1v) is 42.3. The highest BCUT2D eigenvalue weighted by molar-refractivity contribution is 6.38. The highest BCUT2D eigenvalue weighted by Gasteiger charge is 2.26. The number of nitrogens with one attached hydrogen (secondary N) is 13. The van der Waals surface area contributed by atoms with Gasteiger partial charge in [-0.2, -0.15) is 40.3 Å². The predicted molar refractivity (Wildman–Crippen MR) is 497 cm³/mol. The molecule has 130 heavy (non-hydrogen) atoms. The van der Waals surface area contributed by atoms with E-state index in [1.165, 1.54) is 12.5 Å². The number of H-pyrrole nitrogens is 4. The molecule has 0 atom stereocenters. The summed E-state index contributed by atoms with van der Waals surface area (Å²) < 4.78 is 34.4. The minimum Gasteiger partial charge on any atom is -0.496 e. The van der Waals surface area contributed by atoms with E-state index in [0.29, 0.717) is 111 Å². The lowest BCUT2D eigenvalue weighted by Crippen LogP contribution is -2.57. The van der Waals surface area contributed by atoms with Crippen molar-refractivity contribution in [3.63, 3.8) is 0 Å². The van der Waals surface area contributed by atoms with E-state index in [2.05, 4.69) is 136 Å². The van der Waals surface area contributed by atoms with E-state index in [-0.39, 0.29) is 55.1 Å². The van der Waals surface area contributed by atoms with Crippen molar-refractivity contribution in [1.29, 1.82) is 0 Å². The van der Waals surface area contributed by atoms with E-state index in [1.807, 2.05) is 159 Å². The number of aromatic nitrogens is 20. The van der Waals surface area contributed by atoms with E-state index in [1.54, 1.807) is 90.0 Å². The number of hydrogen-bond donors (Lipinski definition) is 13. The maximum Gasteiger partial charge on any atom is 0.317 e. The van der Waals surface area contributed by atoms with Crippen molar-refractivity contribution in [3.05, 3.63) is 184 Å². The SMILES string of the molecule is CC(C)NC(=O)N1CCc2cc(-c3nc(Nc4ccc5[nH]ncc5c4Cl)n(C)n3)ccc2C1.COc1cc(-c2nc(Nc3ccc4[nH]ncc4c3C)n(C)n2)ccc1OCC(=O)NC(C)C.COc1cc(-c2nc(Nc3ccc4[nH]ncc4c3C)n(C)n2)ccc1OCC(=O)NC1CNC1.COc1cc(-c2nc(Nc3ccc4[nH]ncc4c3Cl)n(C)n2)ccc1CNC(C)=O. The Labute approximate surface area is 755 Å².